The molecule has 1 fully saturated rings. The number of hydrogen-bond donors (Lipinski definition) is 1. The van der Waals surface area contributed by atoms with E-state index in [9.17, 15) is 18.0 Å². The molecule has 0 spiro atoms. The van der Waals surface area contributed by atoms with Crippen LogP contribution in [-0.2, 0) is 6.18 Å². The molecule has 0 atom stereocenters. The van der Waals surface area contributed by atoms with Crippen molar-refractivity contribution in [3.05, 3.63) is 29.6 Å². The van der Waals surface area contributed by atoms with Gasteiger partial charge in [0.2, 0.25) is 0 Å². The smallest absolute Gasteiger partial charge is 0.337 e. The Balaban J connectivity index is 2.08. The number of carbonyl (C=O) groups excluding carboxylic acids is 1. The van der Waals surface area contributed by atoms with Crippen LogP contribution in [0.2, 0.25) is 0 Å². The minimum absolute atomic E-state index is 0.0408. The number of carbonyl (C=O) groups is 1. The fourth-order valence-corrected chi connectivity index (χ4v) is 2.23. The molecule has 110 valence electrons. The van der Waals surface area contributed by atoms with Crippen LogP contribution in [0, 0.1) is 0 Å². The standard InChI is InChI=1S/C13H16F3N3O/c1-19(10-4-6-17-7-5-10)12(20)11-3-2-9(8-18-11)13(14,15)16/h2-3,8,10,17H,4-7H2,1H3. The lowest BCUT2D eigenvalue weighted by Crippen LogP contribution is -2.44. The van der Waals surface area contributed by atoms with E-state index in [2.05, 4.69) is 10.3 Å². The largest absolute Gasteiger partial charge is 0.417 e. The van der Waals surface area contributed by atoms with Crippen LogP contribution in [0.25, 0.3) is 0 Å². The molecule has 1 aliphatic heterocycles. The first-order chi connectivity index (χ1) is 9.39. The van der Waals surface area contributed by atoms with Gasteiger partial charge >= 0.3 is 6.18 Å². The first-order valence-corrected chi connectivity index (χ1v) is 6.40. The van der Waals surface area contributed by atoms with Crippen LogP contribution in [0.3, 0.4) is 0 Å². The number of nitrogens with zero attached hydrogens (tertiary/aromatic N) is 2. The summed E-state index contributed by atoms with van der Waals surface area (Å²) in [5.41, 5.74) is -0.808. The number of alkyl halides is 3. The van der Waals surface area contributed by atoms with Crippen LogP contribution >= 0.6 is 0 Å². The van der Waals surface area contributed by atoms with Crippen LogP contribution in [-0.4, -0.2) is 42.0 Å². The second kappa shape index (κ2) is 5.78. The Kier molecular flexibility index (Phi) is 4.27. The molecule has 2 rings (SSSR count). The van der Waals surface area contributed by atoms with Crippen molar-refractivity contribution in [2.45, 2.75) is 25.1 Å². The summed E-state index contributed by atoms with van der Waals surface area (Å²) in [7, 11) is 1.66. The summed E-state index contributed by atoms with van der Waals surface area (Å²) in [6.07, 6.45) is -2.06. The summed E-state index contributed by atoms with van der Waals surface area (Å²) in [5.74, 6) is -0.342. The number of amides is 1. The quantitative estimate of drug-likeness (QED) is 0.904. The fourth-order valence-electron chi connectivity index (χ4n) is 2.23. The Morgan fingerprint density at radius 3 is 2.50 bits per heavy atom. The Labute approximate surface area is 115 Å². The Morgan fingerprint density at radius 1 is 1.35 bits per heavy atom. The molecule has 7 heteroatoms. The lowest BCUT2D eigenvalue weighted by molar-refractivity contribution is -0.137. The van der Waals surface area contributed by atoms with Crippen molar-refractivity contribution in [3.63, 3.8) is 0 Å². The summed E-state index contributed by atoms with van der Waals surface area (Å²) in [6, 6.07) is 2.12. The minimum Gasteiger partial charge on any atom is -0.337 e. The predicted molar refractivity (Wildman–Crippen MR) is 67.2 cm³/mol. The van der Waals surface area contributed by atoms with E-state index in [0.717, 1.165) is 38.1 Å². The third kappa shape index (κ3) is 3.27. The molecule has 4 nitrogen and oxygen atoms in total. The van der Waals surface area contributed by atoms with E-state index in [4.69, 9.17) is 0 Å². The van der Waals surface area contributed by atoms with Crippen LogP contribution in [0.15, 0.2) is 18.3 Å². The molecule has 1 aromatic rings. The highest BCUT2D eigenvalue weighted by Gasteiger charge is 2.31. The van der Waals surface area contributed by atoms with Crippen molar-refractivity contribution in [2.75, 3.05) is 20.1 Å². The molecule has 1 saturated heterocycles. The first kappa shape index (κ1) is 14.8. The second-order valence-electron chi connectivity index (χ2n) is 4.83. The average molecular weight is 287 g/mol. The molecule has 1 N–H and O–H groups in total. The van der Waals surface area contributed by atoms with Gasteiger partial charge in [0.1, 0.15) is 5.69 Å². The predicted octanol–water partition coefficient (Wildman–Crippen LogP) is 1.92. The highest BCUT2D eigenvalue weighted by Crippen LogP contribution is 2.28. The van der Waals surface area contributed by atoms with Gasteiger partial charge in [0.15, 0.2) is 0 Å². The minimum atomic E-state index is -4.44. The zero-order valence-corrected chi connectivity index (χ0v) is 11.1. The van der Waals surface area contributed by atoms with Gasteiger partial charge in [-0.15, -0.1) is 0 Å². The van der Waals surface area contributed by atoms with Crippen molar-refractivity contribution in [2.24, 2.45) is 0 Å². The van der Waals surface area contributed by atoms with Crippen molar-refractivity contribution < 1.29 is 18.0 Å². The van der Waals surface area contributed by atoms with E-state index < -0.39 is 11.7 Å². The monoisotopic (exact) mass is 287 g/mol. The number of piperidine rings is 1. The molecule has 20 heavy (non-hydrogen) atoms. The molecule has 0 bridgehead atoms. The van der Waals surface area contributed by atoms with Crippen LogP contribution < -0.4 is 5.32 Å². The molecule has 2 heterocycles. The number of halogens is 3. The van der Waals surface area contributed by atoms with E-state index in [-0.39, 0.29) is 17.6 Å². The lowest BCUT2D eigenvalue weighted by Gasteiger charge is -2.31. The fraction of sp³-hybridized carbons (Fsp3) is 0.538. The van der Waals surface area contributed by atoms with E-state index in [1.807, 2.05) is 0 Å². The van der Waals surface area contributed by atoms with Crippen molar-refractivity contribution >= 4 is 5.91 Å². The Hall–Kier alpha value is -1.63. The highest BCUT2D eigenvalue weighted by molar-refractivity contribution is 5.92. The van der Waals surface area contributed by atoms with Gasteiger partial charge in [-0.3, -0.25) is 9.78 Å². The van der Waals surface area contributed by atoms with E-state index in [1.54, 1.807) is 11.9 Å². The third-order valence-corrected chi connectivity index (χ3v) is 3.49. The molecule has 0 radical (unpaired) electrons. The number of hydrogen-bond acceptors (Lipinski definition) is 3. The van der Waals surface area contributed by atoms with Gasteiger partial charge in [-0.2, -0.15) is 13.2 Å². The van der Waals surface area contributed by atoms with Gasteiger partial charge in [0, 0.05) is 19.3 Å². The van der Waals surface area contributed by atoms with E-state index in [1.165, 1.54) is 0 Å². The summed E-state index contributed by atoms with van der Waals surface area (Å²) in [4.78, 5) is 17.4. The zero-order chi connectivity index (χ0) is 14.8. The van der Waals surface area contributed by atoms with Crippen LogP contribution in [0.4, 0.5) is 13.2 Å². The van der Waals surface area contributed by atoms with Gasteiger partial charge in [-0.1, -0.05) is 0 Å². The van der Waals surface area contributed by atoms with Crippen LogP contribution in [0.1, 0.15) is 28.9 Å². The van der Waals surface area contributed by atoms with E-state index in [0.29, 0.717) is 6.20 Å². The molecule has 1 amide bonds. The molecule has 0 aromatic carbocycles. The van der Waals surface area contributed by atoms with Crippen molar-refractivity contribution in [1.82, 2.24) is 15.2 Å². The summed E-state index contributed by atoms with van der Waals surface area (Å²) >= 11 is 0. The van der Waals surface area contributed by atoms with E-state index >= 15 is 0 Å². The van der Waals surface area contributed by atoms with Gasteiger partial charge in [0.25, 0.3) is 5.91 Å². The molecule has 1 aliphatic rings. The maximum Gasteiger partial charge on any atom is 0.417 e. The van der Waals surface area contributed by atoms with Gasteiger partial charge < -0.3 is 10.2 Å². The van der Waals surface area contributed by atoms with Gasteiger partial charge in [-0.05, 0) is 38.1 Å². The zero-order valence-electron chi connectivity index (χ0n) is 11.1. The SMILES string of the molecule is CN(C(=O)c1ccc(C(F)(F)F)cn1)C1CCNCC1. The number of pyridine rings is 1. The summed E-state index contributed by atoms with van der Waals surface area (Å²) < 4.78 is 37.3. The number of nitrogens with one attached hydrogen (secondary N) is 1. The first-order valence-electron chi connectivity index (χ1n) is 6.40. The maximum absolute atomic E-state index is 12.4. The van der Waals surface area contributed by atoms with Crippen molar-refractivity contribution in [1.29, 1.82) is 0 Å². The lowest BCUT2D eigenvalue weighted by atomic mass is 10.0. The molecule has 0 aliphatic carbocycles. The van der Waals surface area contributed by atoms with Gasteiger partial charge in [-0.25, -0.2) is 0 Å². The summed E-state index contributed by atoms with van der Waals surface area (Å²) in [6.45, 7) is 1.67. The molecular weight excluding hydrogens is 271 g/mol. The Bertz CT molecular complexity index is 467. The Morgan fingerprint density at radius 2 is 2.00 bits per heavy atom. The average Bonchev–Trinajstić information content (AvgIpc) is 2.46. The molecule has 0 saturated carbocycles. The molecular formula is C13H16F3N3O. The van der Waals surface area contributed by atoms with Gasteiger partial charge in [0.05, 0.1) is 5.56 Å². The topological polar surface area (TPSA) is 45.2 Å². The number of rotatable bonds is 2. The molecule has 0 unspecified atom stereocenters. The third-order valence-electron chi connectivity index (χ3n) is 3.49. The maximum atomic E-state index is 12.4. The normalized spacial score (nSPS) is 17.0. The second-order valence-corrected chi connectivity index (χ2v) is 4.83. The molecule has 1 aromatic heterocycles. The highest BCUT2D eigenvalue weighted by atomic mass is 19.4. The van der Waals surface area contributed by atoms with Crippen molar-refractivity contribution in [3.8, 4) is 0 Å². The van der Waals surface area contributed by atoms with Crippen LogP contribution in [0.5, 0.6) is 0 Å². The summed E-state index contributed by atoms with van der Waals surface area (Å²) in [5, 5.41) is 3.19. The number of aromatic nitrogens is 1.